The van der Waals surface area contributed by atoms with Gasteiger partial charge in [-0.2, -0.15) is 13.2 Å². The van der Waals surface area contributed by atoms with Crippen LogP contribution >= 0.6 is 11.6 Å². The van der Waals surface area contributed by atoms with Crippen molar-refractivity contribution in [2.24, 2.45) is 0 Å². The number of aromatic nitrogens is 3. The second-order valence-corrected chi connectivity index (χ2v) is 7.97. The summed E-state index contributed by atoms with van der Waals surface area (Å²) in [6.45, 7) is 2.26. The van der Waals surface area contributed by atoms with E-state index in [9.17, 15) is 13.2 Å². The highest BCUT2D eigenvalue weighted by atomic mass is 35.5. The Morgan fingerprint density at radius 2 is 1.86 bits per heavy atom. The molecule has 2 unspecified atom stereocenters. The van der Waals surface area contributed by atoms with E-state index in [1.54, 1.807) is 18.3 Å². The predicted molar refractivity (Wildman–Crippen MR) is 104 cm³/mol. The van der Waals surface area contributed by atoms with Crippen LogP contribution in [0, 0.1) is 0 Å². The largest absolute Gasteiger partial charge is 0.433 e. The van der Waals surface area contributed by atoms with Gasteiger partial charge in [-0.05, 0) is 36.2 Å². The van der Waals surface area contributed by atoms with Crippen molar-refractivity contribution < 1.29 is 13.2 Å². The summed E-state index contributed by atoms with van der Waals surface area (Å²) in [6, 6.07) is 8.69. The Kier molecular flexibility index (Phi) is 4.36. The maximum Gasteiger partial charge on any atom is 0.433 e. The molecule has 2 aliphatic heterocycles. The fourth-order valence-corrected chi connectivity index (χ4v) is 4.42. The molecule has 0 radical (unpaired) electrons. The number of rotatable bonds is 3. The van der Waals surface area contributed by atoms with Crippen LogP contribution in [0.5, 0.6) is 0 Å². The first-order valence-corrected chi connectivity index (χ1v) is 9.70. The van der Waals surface area contributed by atoms with Gasteiger partial charge in [0.15, 0.2) is 0 Å². The molecule has 1 aromatic carbocycles. The molecule has 5 nitrogen and oxygen atoms in total. The molecular formula is C20H17ClF3N5. The molecule has 0 spiro atoms. The first-order chi connectivity index (χ1) is 13.9. The Hall–Kier alpha value is -2.45. The number of nitrogens with zero attached hydrogens (tertiary/aromatic N) is 5. The molecule has 29 heavy (non-hydrogen) atoms. The van der Waals surface area contributed by atoms with Crippen molar-refractivity contribution in [1.82, 2.24) is 19.9 Å². The number of alkyl halides is 3. The Balaban J connectivity index is 1.28. The van der Waals surface area contributed by atoms with Crippen LogP contribution in [0.25, 0.3) is 11.0 Å². The third-order valence-electron chi connectivity index (χ3n) is 5.64. The molecule has 2 bridgehead atoms. The summed E-state index contributed by atoms with van der Waals surface area (Å²) in [6.07, 6.45) is -0.289. The predicted octanol–water partition coefficient (Wildman–Crippen LogP) is 4.16. The lowest BCUT2D eigenvalue weighted by Gasteiger charge is -2.34. The zero-order valence-corrected chi connectivity index (χ0v) is 16.0. The van der Waals surface area contributed by atoms with Crippen LogP contribution in [0.4, 0.5) is 19.0 Å². The molecule has 2 aliphatic rings. The van der Waals surface area contributed by atoms with Gasteiger partial charge in [0.05, 0.1) is 17.2 Å². The third-order valence-corrected chi connectivity index (χ3v) is 5.88. The smallest absolute Gasteiger partial charge is 0.349 e. The zero-order chi connectivity index (χ0) is 20.2. The van der Waals surface area contributed by atoms with Crippen LogP contribution in [-0.4, -0.2) is 45.0 Å². The zero-order valence-electron chi connectivity index (χ0n) is 15.3. The van der Waals surface area contributed by atoms with Crippen molar-refractivity contribution in [2.45, 2.75) is 31.2 Å². The maximum absolute atomic E-state index is 12.7. The van der Waals surface area contributed by atoms with Crippen molar-refractivity contribution in [1.29, 1.82) is 0 Å². The third kappa shape index (κ3) is 3.51. The van der Waals surface area contributed by atoms with E-state index in [0.717, 1.165) is 48.0 Å². The summed E-state index contributed by atoms with van der Waals surface area (Å²) < 4.78 is 38.0. The molecule has 9 heteroatoms. The molecule has 2 saturated heterocycles. The summed E-state index contributed by atoms with van der Waals surface area (Å²) in [5.74, 6) is 0.850. The van der Waals surface area contributed by atoms with Crippen molar-refractivity contribution in [3.05, 3.63) is 59.0 Å². The van der Waals surface area contributed by atoms with E-state index in [2.05, 4.69) is 19.8 Å². The lowest BCUT2D eigenvalue weighted by Crippen LogP contribution is -2.46. The van der Waals surface area contributed by atoms with Gasteiger partial charge in [-0.1, -0.05) is 17.7 Å². The van der Waals surface area contributed by atoms with E-state index in [4.69, 9.17) is 16.6 Å². The highest BCUT2D eigenvalue weighted by Gasteiger charge is 2.43. The highest BCUT2D eigenvalue weighted by molar-refractivity contribution is 6.31. The van der Waals surface area contributed by atoms with Crippen LogP contribution in [0.1, 0.15) is 17.7 Å². The number of hydrogen-bond donors (Lipinski definition) is 0. The Morgan fingerprint density at radius 1 is 1.00 bits per heavy atom. The van der Waals surface area contributed by atoms with Crippen LogP contribution in [0.2, 0.25) is 5.02 Å². The monoisotopic (exact) mass is 419 g/mol. The van der Waals surface area contributed by atoms with Crippen LogP contribution in [0.15, 0.2) is 42.7 Å². The molecule has 2 aromatic heterocycles. The van der Waals surface area contributed by atoms with E-state index in [1.807, 2.05) is 6.07 Å². The van der Waals surface area contributed by atoms with Crippen LogP contribution < -0.4 is 4.90 Å². The fourth-order valence-electron chi connectivity index (χ4n) is 4.26. The Labute approximate surface area is 170 Å². The minimum absolute atomic E-state index is 0.321. The summed E-state index contributed by atoms with van der Waals surface area (Å²) >= 11 is 6.01. The number of pyridine rings is 1. The van der Waals surface area contributed by atoms with Crippen molar-refractivity contribution in [3.63, 3.8) is 0 Å². The number of piperazine rings is 1. The first-order valence-electron chi connectivity index (χ1n) is 9.32. The number of hydrogen-bond acceptors (Lipinski definition) is 5. The highest BCUT2D eigenvalue weighted by Crippen LogP contribution is 2.35. The Bertz CT molecular complexity index is 1060. The van der Waals surface area contributed by atoms with Gasteiger partial charge in [-0.3, -0.25) is 14.9 Å². The summed E-state index contributed by atoms with van der Waals surface area (Å²) in [7, 11) is 0. The van der Waals surface area contributed by atoms with Crippen molar-refractivity contribution in [2.75, 3.05) is 18.0 Å². The summed E-state index contributed by atoms with van der Waals surface area (Å²) in [5, 5.41) is 0.633. The maximum atomic E-state index is 12.7. The lowest BCUT2D eigenvalue weighted by atomic mass is 10.2. The minimum Gasteiger partial charge on any atom is -0.349 e. The molecule has 0 N–H and O–H groups in total. The van der Waals surface area contributed by atoms with E-state index < -0.39 is 11.9 Å². The van der Waals surface area contributed by atoms with Gasteiger partial charge in [0.1, 0.15) is 11.5 Å². The molecule has 5 rings (SSSR count). The van der Waals surface area contributed by atoms with Gasteiger partial charge < -0.3 is 4.90 Å². The number of halogens is 4. The van der Waals surface area contributed by atoms with Gasteiger partial charge >= 0.3 is 6.18 Å². The number of likely N-dealkylation sites (tertiary alicyclic amines) is 1. The topological polar surface area (TPSA) is 45.2 Å². The van der Waals surface area contributed by atoms with Crippen molar-refractivity contribution in [3.8, 4) is 0 Å². The average molecular weight is 420 g/mol. The van der Waals surface area contributed by atoms with Gasteiger partial charge in [-0.15, -0.1) is 0 Å². The minimum atomic E-state index is -4.40. The molecule has 2 fully saturated rings. The first kappa shape index (κ1) is 18.6. The molecule has 0 amide bonds. The molecule has 0 aliphatic carbocycles. The number of anilines is 1. The fraction of sp³-hybridized carbons (Fsp3) is 0.350. The molecule has 2 atom stereocenters. The molecular weight excluding hydrogens is 403 g/mol. The van der Waals surface area contributed by atoms with E-state index in [-0.39, 0.29) is 0 Å². The van der Waals surface area contributed by atoms with Gasteiger partial charge in [0.25, 0.3) is 0 Å². The summed E-state index contributed by atoms with van der Waals surface area (Å²) in [4.78, 5) is 17.3. The number of benzene rings is 1. The van der Waals surface area contributed by atoms with Crippen molar-refractivity contribution >= 4 is 28.5 Å². The Morgan fingerprint density at radius 3 is 2.55 bits per heavy atom. The standard InChI is InChI=1S/C20H17ClF3N5/c21-13-2-3-16-17(5-13)25-8-19(27-16)29-11-14-6-15(29)10-28(14)9-12-1-4-18(26-7-12)20(22,23)24/h1-5,7-8,14-15H,6,9-11H2. The summed E-state index contributed by atoms with van der Waals surface area (Å²) in [5.41, 5.74) is 1.51. The van der Waals surface area contributed by atoms with E-state index in [0.29, 0.717) is 23.7 Å². The number of fused-ring (bicyclic) bond motifs is 3. The normalized spacial score (nSPS) is 22.0. The van der Waals surface area contributed by atoms with Crippen LogP contribution in [0.3, 0.4) is 0 Å². The SMILES string of the molecule is FC(F)(F)c1ccc(CN2CC3CC2CN3c2cnc3cc(Cl)ccc3n2)cn1. The van der Waals surface area contributed by atoms with Gasteiger partial charge in [0.2, 0.25) is 0 Å². The second-order valence-electron chi connectivity index (χ2n) is 7.54. The molecule has 4 heterocycles. The van der Waals surface area contributed by atoms with E-state index in [1.165, 1.54) is 12.3 Å². The average Bonchev–Trinajstić information content (AvgIpc) is 3.28. The molecule has 3 aromatic rings. The van der Waals surface area contributed by atoms with E-state index >= 15 is 0 Å². The van der Waals surface area contributed by atoms with Gasteiger partial charge in [-0.25, -0.2) is 4.98 Å². The quantitative estimate of drug-likeness (QED) is 0.638. The second kappa shape index (κ2) is 6.81. The van der Waals surface area contributed by atoms with Crippen LogP contribution in [-0.2, 0) is 12.7 Å². The lowest BCUT2D eigenvalue weighted by molar-refractivity contribution is -0.141. The molecule has 150 valence electrons. The molecule has 0 saturated carbocycles. The van der Waals surface area contributed by atoms with Gasteiger partial charge in [0, 0.05) is 42.9 Å².